The van der Waals surface area contributed by atoms with E-state index < -0.39 is 0 Å². The van der Waals surface area contributed by atoms with Crippen molar-refractivity contribution in [3.05, 3.63) is 39.3 Å². The second kappa shape index (κ2) is 3.21. The predicted octanol–water partition coefficient (Wildman–Crippen LogP) is 3.29. The highest BCUT2D eigenvalue weighted by molar-refractivity contribution is 14.1. The molecule has 0 saturated heterocycles. The van der Waals surface area contributed by atoms with Crippen molar-refractivity contribution in [2.45, 2.75) is 6.92 Å². The molecule has 0 N–H and O–H groups in total. The zero-order chi connectivity index (χ0) is 9.42. The normalized spacial score (nSPS) is 10.7. The number of aromatic nitrogens is 1. The van der Waals surface area contributed by atoms with E-state index in [2.05, 4.69) is 27.6 Å². The molecule has 0 spiro atoms. The first-order chi connectivity index (χ1) is 6.18. The summed E-state index contributed by atoms with van der Waals surface area (Å²) in [4.78, 5) is 4.00. The molecule has 1 nitrogen and oxygen atoms in total. The molecule has 1 heterocycles. The number of nitrogens with zero attached hydrogens (tertiary/aromatic N) is 1. The quantitative estimate of drug-likeness (QED) is 0.678. The number of hydrogen-bond donors (Lipinski definition) is 0. The van der Waals surface area contributed by atoms with Gasteiger partial charge in [0.05, 0.1) is 11.7 Å². The highest BCUT2D eigenvalue weighted by Crippen LogP contribution is 2.21. The van der Waals surface area contributed by atoms with Crippen molar-refractivity contribution in [2.75, 3.05) is 0 Å². The van der Waals surface area contributed by atoms with Gasteiger partial charge in [-0.3, -0.25) is 4.98 Å². The van der Waals surface area contributed by atoms with E-state index in [9.17, 15) is 4.39 Å². The number of pyridine rings is 1. The molecule has 0 saturated carbocycles. The molecule has 66 valence electrons. The summed E-state index contributed by atoms with van der Waals surface area (Å²) < 4.78 is 14.0. The molecule has 0 bridgehead atoms. The van der Waals surface area contributed by atoms with Gasteiger partial charge >= 0.3 is 0 Å². The molecule has 2 rings (SSSR count). The van der Waals surface area contributed by atoms with E-state index in [4.69, 9.17) is 0 Å². The third-order valence-electron chi connectivity index (χ3n) is 2.03. The fourth-order valence-corrected chi connectivity index (χ4v) is 1.76. The Morgan fingerprint density at radius 3 is 2.92 bits per heavy atom. The monoisotopic (exact) mass is 287 g/mol. The summed E-state index contributed by atoms with van der Waals surface area (Å²) in [5.41, 5.74) is 1.93. The fourth-order valence-electron chi connectivity index (χ4n) is 1.29. The van der Waals surface area contributed by atoms with E-state index >= 15 is 0 Å². The molecule has 3 heteroatoms. The van der Waals surface area contributed by atoms with Crippen LogP contribution in [0.25, 0.3) is 10.9 Å². The molecule has 0 aliphatic carbocycles. The van der Waals surface area contributed by atoms with Crippen molar-refractivity contribution < 1.29 is 4.39 Å². The van der Waals surface area contributed by atoms with Crippen LogP contribution in [0, 0.1) is 16.3 Å². The van der Waals surface area contributed by atoms with Gasteiger partial charge in [-0.25, -0.2) is 4.39 Å². The van der Waals surface area contributed by atoms with E-state index in [0.717, 1.165) is 20.0 Å². The van der Waals surface area contributed by atoms with Crippen molar-refractivity contribution in [3.8, 4) is 0 Å². The fraction of sp³-hybridized carbons (Fsp3) is 0.100. The van der Waals surface area contributed by atoms with Gasteiger partial charge in [0.25, 0.3) is 0 Å². The maximum absolute atomic E-state index is 12.9. The SMILES string of the molecule is Cc1c(I)ccc2ncc(F)cc12. The Balaban J connectivity index is 2.89. The van der Waals surface area contributed by atoms with Crippen LogP contribution in [0.15, 0.2) is 24.4 Å². The van der Waals surface area contributed by atoms with Crippen LogP contribution >= 0.6 is 22.6 Å². The van der Waals surface area contributed by atoms with E-state index in [1.807, 2.05) is 19.1 Å². The number of aryl methyl sites for hydroxylation is 1. The van der Waals surface area contributed by atoms with E-state index in [-0.39, 0.29) is 5.82 Å². The van der Waals surface area contributed by atoms with Crippen LogP contribution in [0.5, 0.6) is 0 Å². The van der Waals surface area contributed by atoms with Crippen molar-refractivity contribution >= 4 is 33.5 Å². The Hall–Kier alpha value is -0.710. The van der Waals surface area contributed by atoms with Crippen LogP contribution in [-0.2, 0) is 0 Å². The number of halogens is 2. The Kier molecular flexibility index (Phi) is 2.19. The minimum atomic E-state index is -0.280. The number of fused-ring (bicyclic) bond motifs is 1. The maximum atomic E-state index is 12.9. The molecule has 0 radical (unpaired) electrons. The van der Waals surface area contributed by atoms with Gasteiger partial charge < -0.3 is 0 Å². The Morgan fingerprint density at radius 1 is 1.38 bits per heavy atom. The van der Waals surface area contributed by atoms with E-state index in [0.29, 0.717) is 0 Å². The Labute approximate surface area is 89.1 Å². The molecule has 0 fully saturated rings. The largest absolute Gasteiger partial charge is 0.253 e. The zero-order valence-corrected chi connectivity index (χ0v) is 9.17. The van der Waals surface area contributed by atoms with Crippen LogP contribution in [0.2, 0.25) is 0 Å². The third-order valence-corrected chi connectivity index (χ3v) is 3.20. The highest BCUT2D eigenvalue weighted by Gasteiger charge is 2.02. The summed E-state index contributed by atoms with van der Waals surface area (Å²) in [6.07, 6.45) is 1.24. The first kappa shape index (κ1) is 8.87. The van der Waals surface area contributed by atoms with Gasteiger partial charge in [-0.05, 0) is 53.3 Å². The van der Waals surface area contributed by atoms with Gasteiger partial charge in [-0.15, -0.1) is 0 Å². The summed E-state index contributed by atoms with van der Waals surface area (Å²) in [5, 5.41) is 0.895. The van der Waals surface area contributed by atoms with Gasteiger partial charge in [-0.2, -0.15) is 0 Å². The molecule has 0 unspecified atom stereocenters. The summed E-state index contributed by atoms with van der Waals surface area (Å²) in [6.45, 7) is 1.98. The molecule has 0 aliphatic heterocycles. The van der Waals surface area contributed by atoms with Crippen LogP contribution in [-0.4, -0.2) is 4.98 Å². The molecule has 0 amide bonds. The second-order valence-corrected chi connectivity index (χ2v) is 4.05. The summed E-state index contributed by atoms with van der Waals surface area (Å²) in [6, 6.07) is 5.42. The van der Waals surface area contributed by atoms with Gasteiger partial charge in [0, 0.05) is 8.96 Å². The molecule has 0 aliphatic rings. The van der Waals surface area contributed by atoms with Crippen LogP contribution in [0.3, 0.4) is 0 Å². The van der Waals surface area contributed by atoms with Crippen LogP contribution in [0.1, 0.15) is 5.56 Å². The van der Waals surface area contributed by atoms with E-state index in [1.54, 1.807) is 0 Å². The molecule has 1 aromatic heterocycles. The van der Waals surface area contributed by atoms with E-state index in [1.165, 1.54) is 12.3 Å². The number of benzene rings is 1. The zero-order valence-electron chi connectivity index (χ0n) is 7.01. The molecular formula is C10H7FIN. The maximum Gasteiger partial charge on any atom is 0.142 e. The van der Waals surface area contributed by atoms with Crippen molar-refractivity contribution in [1.29, 1.82) is 0 Å². The topological polar surface area (TPSA) is 12.9 Å². The average Bonchev–Trinajstić information content (AvgIpc) is 2.12. The standard InChI is InChI=1S/C10H7FIN/c1-6-8-4-7(11)5-13-10(8)3-2-9(6)12/h2-5H,1H3. The first-order valence-corrected chi connectivity index (χ1v) is 4.97. The second-order valence-electron chi connectivity index (χ2n) is 2.89. The lowest BCUT2D eigenvalue weighted by atomic mass is 10.1. The van der Waals surface area contributed by atoms with Gasteiger partial charge in [0.2, 0.25) is 0 Å². The van der Waals surface area contributed by atoms with Crippen LogP contribution in [0.4, 0.5) is 4.39 Å². The minimum absolute atomic E-state index is 0.280. The molecule has 13 heavy (non-hydrogen) atoms. The number of rotatable bonds is 0. The lowest BCUT2D eigenvalue weighted by molar-refractivity contribution is 0.624. The average molecular weight is 287 g/mol. The van der Waals surface area contributed by atoms with Gasteiger partial charge in [0.15, 0.2) is 0 Å². The number of hydrogen-bond acceptors (Lipinski definition) is 1. The summed E-state index contributed by atoms with van der Waals surface area (Å²) in [7, 11) is 0. The highest BCUT2D eigenvalue weighted by atomic mass is 127. The molecular weight excluding hydrogens is 280 g/mol. The predicted molar refractivity (Wildman–Crippen MR) is 59.2 cm³/mol. The Bertz CT molecular complexity index is 462. The molecule has 0 atom stereocenters. The van der Waals surface area contributed by atoms with Crippen molar-refractivity contribution in [1.82, 2.24) is 4.98 Å². The smallest absolute Gasteiger partial charge is 0.142 e. The summed E-state index contributed by atoms with van der Waals surface area (Å²) in [5.74, 6) is -0.280. The Morgan fingerprint density at radius 2 is 2.15 bits per heavy atom. The lowest BCUT2D eigenvalue weighted by Gasteiger charge is -2.03. The minimum Gasteiger partial charge on any atom is -0.253 e. The van der Waals surface area contributed by atoms with Crippen molar-refractivity contribution in [3.63, 3.8) is 0 Å². The first-order valence-electron chi connectivity index (χ1n) is 3.89. The summed E-state index contributed by atoms with van der Waals surface area (Å²) >= 11 is 2.23. The molecule has 1 aromatic carbocycles. The van der Waals surface area contributed by atoms with Crippen LogP contribution < -0.4 is 0 Å². The van der Waals surface area contributed by atoms with Gasteiger partial charge in [0.1, 0.15) is 5.82 Å². The van der Waals surface area contributed by atoms with Gasteiger partial charge in [-0.1, -0.05) is 0 Å². The van der Waals surface area contributed by atoms with Crippen molar-refractivity contribution in [2.24, 2.45) is 0 Å². The molecule has 2 aromatic rings. The lowest BCUT2D eigenvalue weighted by Crippen LogP contribution is -1.87. The third kappa shape index (κ3) is 1.52.